The molecular weight excluding hydrogens is 457 g/mol. The lowest BCUT2D eigenvalue weighted by molar-refractivity contribution is -0.138. The molecule has 1 saturated heterocycles. The first-order valence-electron chi connectivity index (χ1n) is 11.7. The van der Waals surface area contributed by atoms with Crippen LogP contribution in [0.25, 0.3) is 28.3 Å². The van der Waals surface area contributed by atoms with Crippen LogP contribution in [0.3, 0.4) is 0 Å². The van der Waals surface area contributed by atoms with Crippen molar-refractivity contribution >= 4 is 35.2 Å². The summed E-state index contributed by atoms with van der Waals surface area (Å²) < 4.78 is 8.51. The van der Waals surface area contributed by atoms with E-state index in [9.17, 15) is 10.1 Å². The van der Waals surface area contributed by atoms with Crippen LogP contribution in [-0.4, -0.2) is 60.0 Å². The third kappa shape index (κ3) is 3.24. The van der Waals surface area contributed by atoms with Gasteiger partial charge in [0.05, 0.1) is 17.8 Å². The highest BCUT2D eigenvalue weighted by Gasteiger charge is 2.44. The molecule has 1 unspecified atom stereocenters. The first kappa shape index (κ1) is 21.9. The lowest BCUT2D eigenvalue weighted by atomic mass is 9.45. The van der Waals surface area contributed by atoms with Gasteiger partial charge in [-0.15, -0.1) is 5.10 Å². The van der Waals surface area contributed by atoms with E-state index in [4.69, 9.17) is 10.2 Å². The Kier molecular flexibility index (Phi) is 5.00. The molecule has 0 aliphatic carbocycles. The predicted octanol–water partition coefficient (Wildman–Crippen LogP) is 2.48. The maximum Gasteiger partial charge on any atom is 0.271 e. The van der Waals surface area contributed by atoms with Crippen LogP contribution in [0.4, 0.5) is 5.95 Å². The van der Waals surface area contributed by atoms with Crippen LogP contribution >= 0.6 is 0 Å². The lowest BCUT2D eigenvalue weighted by Gasteiger charge is -2.37. The summed E-state index contributed by atoms with van der Waals surface area (Å²) in [6, 6.07) is 13.0. The van der Waals surface area contributed by atoms with Crippen molar-refractivity contribution in [2.75, 3.05) is 18.8 Å². The number of carbonyl (C=O) groups is 1. The fourth-order valence-electron chi connectivity index (χ4n) is 4.87. The van der Waals surface area contributed by atoms with E-state index in [0.717, 1.165) is 5.56 Å². The van der Waals surface area contributed by atoms with Crippen LogP contribution in [0.1, 0.15) is 12.5 Å². The first-order chi connectivity index (χ1) is 17.5. The first-order valence-corrected chi connectivity index (χ1v) is 11.7. The highest BCUT2D eigenvalue weighted by molar-refractivity contribution is 6.67. The summed E-state index contributed by atoms with van der Waals surface area (Å²) >= 11 is 0. The molecule has 36 heavy (non-hydrogen) atoms. The Balaban J connectivity index is 1.52. The second-order valence-corrected chi connectivity index (χ2v) is 9.05. The standard InChI is InChI=1S/C24H22BN9O2/c1-24(16-6-3-2-4-7-16,22(35)32-11-9-25(15-26)10-12-32)34-21-17(14-28-34)20-29-19(18-8-5-13-36-18)31-33(20)23(27)30-21/h2-8,13-14H,9-12H2,1H3,(H2,27,30). The van der Waals surface area contributed by atoms with Crippen molar-refractivity contribution < 1.29 is 9.21 Å². The molecule has 2 N–H and O–H groups in total. The van der Waals surface area contributed by atoms with Crippen molar-refractivity contribution in [2.45, 2.75) is 25.1 Å². The molecule has 178 valence electrons. The number of nitrogens with two attached hydrogens (primary N) is 1. The molecule has 6 rings (SSSR count). The second-order valence-electron chi connectivity index (χ2n) is 9.05. The van der Waals surface area contributed by atoms with E-state index < -0.39 is 5.54 Å². The fraction of sp³-hybridized carbons (Fsp3) is 0.250. The van der Waals surface area contributed by atoms with Crippen molar-refractivity contribution in [3.05, 3.63) is 60.5 Å². The zero-order valence-electron chi connectivity index (χ0n) is 19.6. The Hall–Kier alpha value is -4.66. The van der Waals surface area contributed by atoms with Crippen LogP contribution in [-0.2, 0) is 10.3 Å². The maximum atomic E-state index is 14.1. The van der Waals surface area contributed by atoms with Gasteiger partial charge in [-0.2, -0.15) is 14.6 Å². The minimum Gasteiger partial charge on any atom is -0.461 e. The number of furan rings is 1. The molecule has 12 heteroatoms. The Morgan fingerprint density at radius 3 is 2.61 bits per heavy atom. The van der Waals surface area contributed by atoms with Crippen molar-refractivity contribution in [3.8, 4) is 17.6 Å². The van der Waals surface area contributed by atoms with E-state index >= 15 is 0 Å². The number of rotatable bonds is 4. The van der Waals surface area contributed by atoms with Gasteiger partial charge in [0.25, 0.3) is 12.6 Å². The van der Waals surface area contributed by atoms with E-state index in [-0.39, 0.29) is 18.6 Å². The summed E-state index contributed by atoms with van der Waals surface area (Å²) in [5.41, 5.74) is 6.75. The van der Waals surface area contributed by atoms with Crippen LogP contribution < -0.4 is 5.73 Å². The molecular formula is C24H22BN9O2. The molecule has 1 aliphatic rings. The Morgan fingerprint density at radius 2 is 1.92 bits per heavy atom. The number of hydrogen-bond donors (Lipinski definition) is 1. The molecule has 0 saturated carbocycles. The number of nitrogens with zero attached hydrogens (tertiary/aromatic N) is 8. The molecule has 1 amide bonds. The van der Waals surface area contributed by atoms with Crippen molar-refractivity contribution in [1.82, 2.24) is 34.3 Å². The molecule has 0 bridgehead atoms. The summed E-state index contributed by atoms with van der Waals surface area (Å²) in [5, 5.41) is 19.0. The zero-order valence-corrected chi connectivity index (χ0v) is 19.6. The lowest BCUT2D eigenvalue weighted by Crippen LogP contribution is -2.52. The van der Waals surface area contributed by atoms with E-state index in [0.29, 0.717) is 54.0 Å². The average molecular weight is 479 g/mol. The van der Waals surface area contributed by atoms with Gasteiger partial charge in [-0.3, -0.25) is 4.79 Å². The van der Waals surface area contributed by atoms with Crippen molar-refractivity contribution in [3.63, 3.8) is 0 Å². The van der Waals surface area contributed by atoms with Gasteiger partial charge in [-0.1, -0.05) is 30.3 Å². The third-order valence-corrected chi connectivity index (χ3v) is 6.91. The molecule has 5 aromatic rings. The van der Waals surface area contributed by atoms with Gasteiger partial charge < -0.3 is 15.1 Å². The van der Waals surface area contributed by atoms with Gasteiger partial charge in [-0.05, 0) is 37.3 Å². The number of hydrogen-bond acceptors (Lipinski definition) is 8. The van der Waals surface area contributed by atoms with E-state index in [1.165, 1.54) is 4.52 Å². The Labute approximate surface area is 206 Å². The van der Waals surface area contributed by atoms with Crippen molar-refractivity contribution in [1.29, 1.82) is 5.26 Å². The van der Waals surface area contributed by atoms with Gasteiger partial charge in [-0.25, -0.2) is 14.9 Å². The topological polar surface area (TPSA) is 144 Å². The van der Waals surface area contributed by atoms with Gasteiger partial charge >= 0.3 is 0 Å². The number of aromatic nitrogens is 6. The van der Waals surface area contributed by atoms with Crippen LogP contribution in [0, 0.1) is 11.2 Å². The van der Waals surface area contributed by atoms with Crippen molar-refractivity contribution in [2.24, 2.45) is 0 Å². The molecule has 11 nitrogen and oxygen atoms in total. The van der Waals surface area contributed by atoms with Gasteiger partial charge in [0.1, 0.15) is 0 Å². The van der Waals surface area contributed by atoms with Gasteiger partial charge in [0.15, 0.2) is 22.6 Å². The Bertz CT molecular complexity index is 1610. The van der Waals surface area contributed by atoms with Gasteiger partial charge in [0, 0.05) is 19.1 Å². The molecule has 5 heterocycles. The molecule has 1 atom stereocenters. The molecule has 4 aromatic heterocycles. The number of carbonyl (C=O) groups excluding carboxylic acids is 1. The van der Waals surface area contributed by atoms with Crippen LogP contribution in [0.15, 0.2) is 59.3 Å². The number of anilines is 1. The number of nitrogen functional groups attached to an aromatic ring is 1. The smallest absolute Gasteiger partial charge is 0.271 e. The zero-order chi connectivity index (χ0) is 24.9. The van der Waals surface area contributed by atoms with E-state index in [1.54, 1.807) is 29.3 Å². The van der Waals surface area contributed by atoms with Gasteiger partial charge in [0.2, 0.25) is 11.8 Å². The number of benzene rings is 1. The van der Waals surface area contributed by atoms with Crippen LogP contribution in [0.2, 0.25) is 12.6 Å². The molecule has 1 fully saturated rings. The summed E-state index contributed by atoms with van der Waals surface area (Å²) in [4.78, 5) is 25.2. The summed E-state index contributed by atoms with van der Waals surface area (Å²) in [7, 11) is 0. The van der Waals surface area contributed by atoms with E-state index in [2.05, 4.69) is 26.1 Å². The SMILES string of the molecule is CC(C(=O)N1CCB(C#N)CC1)(c1ccccc1)n1ncc2c1nc(N)n1nc(-c3ccco3)nc21. The molecule has 1 aromatic carbocycles. The summed E-state index contributed by atoms with van der Waals surface area (Å²) in [6.45, 7) is 2.83. The highest BCUT2D eigenvalue weighted by atomic mass is 16.3. The fourth-order valence-corrected chi connectivity index (χ4v) is 4.87. The minimum atomic E-state index is -1.20. The number of nitriles is 1. The number of fused-ring (bicyclic) bond motifs is 3. The highest BCUT2D eigenvalue weighted by Crippen LogP contribution is 2.33. The molecule has 1 aliphatic heterocycles. The quantitative estimate of drug-likeness (QED) is 0.387. The summed E-state index contributed by atoms with van der Waals surface area (Å²) in [6.07, 6.45) is 4.48. The van der Waals surface area contributed by atoms with E-state index in [1.807, 2.05) is 42.2 Å². The maximum absolute atomic E-state index is 14.1. The molecule has 0 spiro atoms. The minimum absolute atomic E-state index is 0.0337. The monoisotopic (exact) mass is 479 g/mol. The average Bonchev–Trinajstić information content (AvgIpc) is 3.68. The summed E-state index contributed by atoms with van der Waals surface area (Å²) in [5.74, 6) is 3.19. The third-order valence-electron chi connectivity index (χ3n) is 6.91. The predicted molar refractivity (Wildman–Crippen MR) is 133 cm³/mol. The second kappa shape index (κ2) is 8.23. The normalized spacial score (nSPS) is 15.8. The molecule has 0 radical (unpaired) electrons. The van der Waals surface area contributed by atoms with Crippen LogP contribution in [0.5, 0.6) is 0 Å². The largest absolute Gasteiger partial charge is 0.461 e. The number of amides is 1. The Morgan fingerprint density at radius 1 is 1.14 bits per heavy atom.